The summed E-state index contributed by atoms with van der Waals surface area (Å²) in [5, 5.41) is 0. The average Bonchev–Trinajstić information content (AvgIpc) is 3.23. The molecule has 0 radical (unpaired) electrons. The molecule has 1 fully saturated rings. The van der Waals surface area contributed by atoms with E-state index in [-0.39, 0.29) is 36.3 Å². The van der Waals surface area contributed by atoms with E-state index >= 15 is 0 Å². The van der Waals surface area contributed by atoms with Gasteiger partial charge in [-0.2, -0.15) is 0 Å². The van der Waals surface area contributed by atoms with Crippen molar-refractivity contribution in [2.45, 2.75) is 148 Å². The van der Waals surface area contributed by atoms with Crippen molar-refractivity contribution in [2.24, 2.45) is 5.92 Å². The van der Waals surface area contributed by atoms with Crippen LogP contribution in [0.25, 0.3) is 0 Å². The predicted molar refractivity (Wildman–Crippen MR) is 162 cm³/mol. The fourth-order valence-corrected chi connectivity index (χ4v) is 8.24. The fourth-order valence-electron chi connectivity index (χ4n) is 5.20. The van der Waals surface area contributed by atoms with Gasteiger partial charge in [0.25, 0.3) is 5.97 Å². The van der Waals surface area contributed by atoms with Gasteiger partial charge in [0.1, 0.15) is 0 Å². The molecule has 0 aromatic carbocycles. The maximum atomic E-state index is 12.0. The van der Waals surface area contributed by atoms with Crippen molar-refractivity contribution in [3.05, 3.63) is 23.8 Å². The minimum atomic E-state index is -1.80. The number of carbonyl (C=O) groups is 1. The monoisotopic (exact) mass is 568 g/mol. The van der Waals surface area contributed by atoms with Crippen LogP contribution in [0.4, 0.5) is 0 Å². The number of carbonyl (C=O) groups excluding carboxylic acids is 1. The van der Waals surface area contributed by atoms with Crippen molar-refractivity contribution < 1.29 is 22.8 Å². The Labute approximate surface area is 231 Å². The van der Waals surface area contributed by atoms with Crippen LogP contribution in [-0.4, -0.2) is 55.3 Å². The molecule has 5 nitrogen and oxygen atoms in total. The molecule has 2 rings (SSSR count). The Hall–Kier alpha value is -0.519. The number of ether oxygens (including phenoxy) is 1. The highest BCUT2D eigenvalue weighted by atomic mass is 28.4. The quantitative estimate of drug-likeness (QED) is 0.107. The lowest BCUT2D eigenvalue weighted by Crippen LogP contribution is -2.34. The number of fused-ring (bicyclic) bond motifs is 1. The van der Waals surface area contributed by atoms with Crippen molar-refractivity contribution in [3.8, 4) is 0 Å². The average molecular weight is 569 g/mol. The van der Waals surface area contributed by atoms with Gasteiger partial charge in [0.15, 0.2) is 16.6 Å². The Bertz CT molecular complexity index is 776. The second-order valence-electron chi connectivity index (χ2n) is 13.8. The summed E-state index contributed by atoms with van der Waals surface area (Å²) in [6.45, 7) is 22.1. The van der Waals surface area contributed by atoms with E-state index in [1.165, 1.54) is 24.8 Å². The molecule has 2 aliphatic rings. The first kappa shape index (κ1) is 32.7. The standard InChI is InChI=1S/C29H56O5Si3/c1-11-12-13-16-23(32-35(2,3)4)19-20-25-26-21-24(17-14-15-18-29(30)34-37(8,9)10)31-27(26)22-28(25)33-36(5,6)7/h19-21,23-25,27-28H,11-18,22H2,1-10H3/b20-19+/t23-,24?,25+,27?,28?/m0/s1. The highest BCUT2D eigenvalue weighted by molar-refractivity contribution is 6.71. The lowest BCUT2D eigenvalue weighted by Gasteiger charge is -2.28. The first-order chi connectivity index (χ1) is 17.1. The van der Waals surface area contributed by atoms with Crippen LogP contribution in [0.5, 0.6) is 0 Å². The third kappa shape index (κ3) is 12.9. The number of hydrogen-bond donors (Lipinski definition) is 0. The van der Waals surface area contributed by atoms with E-state index in [4.69, 9.17) is 18.0 Å². The zero-order valence-corrected chi connectivity index (χ0v) is 28.5. The van der Waals surface area contributed by atoms with Gasteiger partial charge in [-0.3, -0.25) is 4.79 Å². The summed E-state index contributed by atoms with van der Waals surface area (Å²) in [7, 11) is -5.12. The maximum Gasteiger partial charge on any atom is 0.292 e. The van der Waals surface area contributed by atoms with Crippen LogP contribution >= 0.6 is 0 Å². The van der Waals surface area contributed by atoms with Gasteiger partial charge in [-0.15, -0.1) is 0 Å². The third-order valence-corrected chi connectivity index (χ3v) is 9.36. The molecule has 1 saturated carbocycles. The van der Waals surface area contributed by atoms with E-state index in [1.807, 2.05) is 0 Å². The van der Waals surface area contributed by atoms with E-state index in [1.54, 1.807) is 0 Å². The zero-order chi connectivity index (χ0) is 27.9. The van der Waals surface area contributed by atoms with E-state index in [9.17, 15) is 4.79 Å². The molecule has 0 spiro atoms. The van der Waals surface area contributed by atoms with E-state index in [0.29, 0.717) is 6.42 Å². The minimum Gasteiger partial charge on any atom is -0.520 e. The molecular weight excluding hydrogens is 513 g/mol. The topological polar surface area (TPSA) is 54.0 Å². The van der Waals surface area contributed by atoms with E-state index in [0.717, 1.165) is 32.1 Å². The molecule has 1 heterocycles. The van der Waals surface area contributed by atoms with Crippen molar-refractivity contribution in [1.82, 2.24) is 0 Å². The van der Waals surface area contributed by atoms with Crippen molar-refractivity contribution >= 4 is 30.9 Å². The van der Waals surface area contributed by atoms with Crippen molar-refractivity contribution in [1.29, 1.82) is 0 Å². The molecule has 3 unspecified atom stereocenters. The molecule has 0 bridgehead atoms. The Morgan fingerprint density at radius 2 is 1.70 bits per heavy atom. The van der Waals surface area contributed by atoms with E-state index in [2.05, 4.69) is 84.1 Å². The predicted octanol–water partition coefficient (Wildman–Crippen LogP) is 8.22. The van der Waals surface area contributed by atoms with Crippen LogP contribution in [0.15, 0.2) is 23.8 Å². The van der Waals surface area contributed by atoms with Crippen LogP contribution in [0.1, 0.15) is 64.7 Å². The smallest absolute Gasteiger partial charge is 0.292 e. The molecule has 0 saturated heterocycles. The Morgan fingerprint density at radius 3 is 2.30 bits per heavy atom. The largest absolute Gasteiger partial charge is 0.520 e. The van der Waals surface area contributed by atoms with Gasteiger partial charge < -0.3 is 18.0 Å². The van der Waals surface area contributed by atoms with E-state index < -0.39 is 25.0 Å². The SMILES string of the molecule is CCCCC[C@@H](/C=C/[C@@H]1C2=CC(CCCCC(=O)O[Si](C)(C)C)OC2CC1O[Si](C)(C)C)O[Si](C)(C)C. The molecule has 1 aliphatic carbocycles. The summed E-state index contributed by atoms with van der Waals surface area (Å²) in [6, 6.07) is 0. The normalized spacial score (nSPS) is 25.4. The van der Waals surface area contributed by atoms with Gasteiger partial charge in [0, 0.05) is 18.8 Å². The summed E-state index contributed by atoms with van der Waals surface area (Å²) in [6.07, 6.45) is 16.7. The lowest BCUT2D eigenvalue weighted by molar-refractivity contribution is -0.135. The number of rotatable bonds is 16. The van der Waals surface area contributed by atoms with Gasteiger partial charge in [0.05, 0.1) is 24.4 Å². The molecular formula is C29H56O5Si3. The Kier molecular flexibility index (Phi) is 12.6. The summed E-state index contributed by atoms with van der Waals surface area (Å²) in [5.74, 6) is 0.208. The number of unbranched alkanes of at least 4 members (excludes halogenated alkanes) is 3. The van der Waals surface area contributed by atoms with Crippen LogP contribution < -0.4 is 0 Å². The molecule has 8 heteroatoms. The van der Waals surface area contributed by atoms with Gasteiger partial charge in [-0.1, -0.05) is 44.4 Å². The lowest BCUT2D eigenvalue weighted by atomic mass is 9.97. The van der Waals surface area contributed by atoms with Gasteiger partial charge in [-0.25, -0.2) is 0 Å². The van der Waals surface area contributed by atoms with Crippen LogP contribution in [0, 0.1) is 5.92 Å². The molecule has 0 N–H and O–H groups in total. The second kappa shape index (κ2) is 14.2. The molecule has 5 atom stereocenters. The molecule has 0 aromatic rings. The van der Waals surface area contributed by atoms with Gasteiger partial charge >= 0.3 is 0 Å². The second-order valence-corrected chi connectivity index (χ2v) is 27.2. The first-order valence-corrected chi connectivity index (χ1v) is 24.9. The summed E-state index contributed by atoms with van der Waals surface area (Å²) >= 11 is 0. The zero-order valence-electron chi connectivity index (χ0n) is 25.5. The van der Waals surface area contributed by atoms with Crippen LogP contribution in [-0.2, 0) is 22.8 Å². The molecule has 214 valence electrons. The highest BCUT2D eigenvalue weighted by Gasteiger charge is 2.44. The summed E-state index contributed by atoms with van der Waals surface area (Å²) < 4.78 is 25.3. The molecule has 0 aromatic heterocycles. The van der Waals surface area contributed by atoms with Crippen LogP contribution in [0.3, 0.4) is 0 Å². The highest BCUT2D eigenvalue weighted by Crippen LogP contribution is 2.43. The molecule has 1 aliphatic heterocycles. The Balaban J connectivity index is 2.05. The fraction of sp³-hybridized carbons (Fsp3) is 0.828. The minimum absolute atomic E-state index is 0.0488. The van der Waals surface area contributed by atoms with Crippen LogP contribution in [0.2, 0.25) is 58.9 Å². The maximum absolute atomic E-state index is 12.0. The van der Waals surface area contributed by atoms with Crippen molar-refractivity contribution in [2.75, 3.05) is 0 Å². The molecule has 37 heavy (non-hydrogen) atoms. The van der Waals surface area contributed by atoms with Gasteiger partial charge in [0.2, 0.25) is 8.32 Å². The van der Waals surface area contributed by atoms with Gasteiger partial charge in [-0.05, 0) is 90.2 Å². The molecule has 0 amide bonds. The summed E-state index contributed by atoms with van der Waals surface area (Å²) in [4.78, 5) is 12.0. The number of hydrogen-bond acceptors (Lipinski definition) is 5. The first-order valence-electron chi connectivity index (χ1n) is 14.7. The summed E-state index contributed by atoms with van der Waals surface area (Å²) in [5.41, 5.74) is 1.39. The van der Waals surface area contributed by atoms with Crippen molar-refractivity contribution in [3.63, 3.8) is 0 Å². The third-order valence-electron chi connectivity index (χ3n) is 6.50. The Morgan fingerprint density at radius 1 is 1.00 bits per heavy atom.